The largest absolute Gasteiger partial charge is 0.368 e. The maximum Gasteiger partial charge on any atom is 0.146 e. The Labute approximate surface area is 124 Å². The molecule has 0 radical (unpaired) electrons. The molecule has 0 bridgehead atoms. The summed E-state index contributed by atoms with van der Waals surface area (Å²) < 4.78 is 13.8. The molecular formula is C16H21FN2S. The molecule has 1 aromatic carbocycles. The SMILES string of the molecule is CCN(CCNC(C)c1cccs1)c1ccccc1F. The van der Waals surface area contributed by atoms with E-state index in [9.17, 15) is 4.39 Å². The van der Waals surface area contributed by atoms with Crippen molar-refractivity contribution in [3.05, 3.63) is 52.5 Å². The highest BCUT2D eigenvalue weighted by atomic mass is 32.1. The lowest BCUT2D eigenvalue weighted by Gasteiger charge is -2.24. The van der Waals surface area contributed by atoms with Gasteiger partial charge >= 0.3 is 0 Å². The van der Waals surface area contributed by atoms with Crippen molar-refractivity contribution in [1.29, 1.82) is 0 Å². The summed E-state index contributed by atoms with van der Waals surface area (Å²) in [6, 6.07) is 11.5. The molecule has 0 aliphatic carbocycles. The molecular weight excluding hydrogens is 271 g/mol. The van der Waals surface area contributed by atoms with Crippen LogP contribution < -0.4 is 10.2 Å². The lowest BCUT2D eigenvalue weighted by Crippen LogP contribution is -2.33. The van der Waals surface area contributed by atoms with E-state index in [1.54, 1.807) is 17.4 Å². The lowest BCUT2D eigenvalue weighted by molar-refractivity contribution is 0.570. The van der Waals surface area contributed by atoms with Crippen molar-refractivity contribution in [2.24, 2.45) is 0 Å². The summed E-state index contributed by atoms with van der Waals surface area (Å²) in [5.41, 5.74) is 0.681. The molecule has 108 valence electrons. The number of rotatable bonds is 7. The number of nitrogens with zero attached hydrogens (tertiary/aromatic N) is 1. The fourth-order valence-corrected chi connectivity index (χ4v) is 2.97. The van der Waals surface area contributed by atoms with E-state index < -0.39 is 0 Å². The van der Waals surface area contributed by atoms with Gasteiger partial charge in [-0.1, -0.05) is 18.2 Å². The quantitative estimate of drug-likeness (QED) is 0.827. The minimum atomic E-state index is -0.152. The second-order valence-electron chi connectivity index (χ2n) is 4.72. The van der Waals surface area contributed by atoms with Gasteiger partial charge in [-0.25, -0.2) is 4.39 Å². The summed E-state index contributed by atoms with van der Waals surface area (Å²) in [7, 11) is 0. The van der Waals surface area contributed by atoms with Crippen LogP contribution in [0.15, 0.2) is 41.8 Å². The van der Waals surface area contributed by atoms with Gasteiger partial charge in [0.1, 0.15) is 5.82 Å². The Bertz CT molecular complexity index is 513. The van der Waals surface area contributed by atoms with Gasteiger partial charge in [-0.15, -0.1) is 11.3 Å². The monoisotopic (exact) mass is 292 g/mol. The maximum atomic E-state index is 13.8. The molecule has 0 fully saturated rings. The fraction of sp³-hybridized carbons (Fsp3) is 0.375. The summed E-state index contributed by atoms with van der Waals surface area (Å²) in [5.74, 6) is -0.152. The average Bonchev–Trinajstić information content (AvgIpc) is 2.99. The molecule has 2 aromatic rings. The van der Waals surface area contributed by atoms with Gasteiger partial charge in [-0.3, -0.25) is 0 Å². The second-order valence-corrected chi connectivity index (χ2v) is 5.70. The zero-order valence-electron chi connectivity index (χ0n) is 12.0. The summed E-state index contributed by atoms with van der Waals surface area (Å²) in [4.78, 5) is 3.39. The van der Waals surface area contributed by atoms with E-state index in [1.807, 2.05) is 12.1 Å². The van der Waals surface area contributed by atoms with E-state index in [-0.39, 0.29) is 5.82 Å². The van der Waals surface area contributed by atoms with E-state index in [0.717, 1.165) is 19.6 Å². The molecule has 0 aliphatic heterocycles. The molecule has 2 nitrogen and oxygen atoms in total. The smallest absolute Gasteiger partial charge is 0.146 e. The molecule has 0 aliphatic rings. The normalized spacial score (nSPS) is 12.3. The Morgan fingerprint density at radius 1 is 1.25 bits per heavy atom. The van der Waals surface area contributed by atoms with E-state index in [0.29, 0.717) is 11.7 Å². The summed E-state index contributed by atoms with van der Waals surface area (Å²) in [6.45, 7) is 6.64. The van der Waals surface area contributed by atoms with Crippen LogP contribution in [0.25, 0.3) is 0 Å². The van der Waals surface area contributed by atoms with Gasteiger partial charge < -0.3 is 10.2 Å². The van der Waals surface area contributed by atoms with Crippen molar-refractivity contribution in [1.82, 2.24) is 5.32 Å². The van der Waals surface area contributed by atoms with Crippen LogP contribution in [0.1, 0.15) is 24.8 Å². The molecule has 1 atom stereocenters. The second kappa shape index (κ2) is 7.41. The molecule has 1 unspecified atom stereocenters. The molecule has 2 rings (SSSR count). The van der Waals surface area contributed by atoms with Gasteiger partial charge in [0.2, 0.25) is 0 Å². The molecule has 0 amide bonds. The first-order valence-corrected chi connectivity index (χ1v) is 7.86. The Balaban J connectivity index is 1.87. The first kappa shape index (κ1) is 15.0. The van der Waals surface area contributed by atoms with Crippen molar-refractivity contribution < 1.29 is 4.39 Å². The number of thiophene rings is 1. The van der Waals surface area contributed by atoms with Crippen molar-refractivity contribution >= 4 is 17.0 Å². The molecule has 1 aromatic heterocycles. The van der Waals surface area contributed by atoms with Crippen LogP contribution in [0.3, 0.4) is 0 Å². The Kier molecular flexibility index (Phi) is 5.56. The number of benzene rings is 1. The summed E-state index contributed by atoms with van der Waals surface area (Å²) >= 11 is 1.76. The highest BCUT2D eigenvalue weighted by molar-refractivity contribution is 7.10. The van der Waals surface area contributed by atoms with Crippen LogP contribution in [-0.2, 0) is 0 Å². The van der Waals surface area contributed by atoms with E-state index in [4.69, 9.17) is 0 Å². The number of nitrogens with one attached hydrogen (secondary N) is 1. The van der Waals surface area contributed by atoms with Crippen LogP contribution in [0.2, 0.25) is 0 Å². The summed E-state index contributed by atoms with van der Waals surface area (Å²) in [5, 5.41) is 5.57. The molecule has 4 heteroatoms. The fourth-order valence-electron chi connectivity index (χ4n) is 2.21. The van der Waals surface area contributed by atoms with Gasteiger partial charge in [0, 0.05) is 30.6 Å². The number of hydrogen-bond donors (Lipinski definition) is 1. The third-order valence-corrected chi connectivity index (χ3v) is 4.43. The third kappa shape index (κ3) is 3.81. The average molecular weight is 292 g/mol. The number of halogens is 1. The topological polar surface area (TPSA) is 15.3 Å². The zero-order valence-corrected chi connectivity index (χ0v) is 12.8. The van der Waals surface area contributed by atoms with Crippen molar-refractivity contribution in [2.45, 2.75) is 19.9 Å². The predicted octanol–water partition coefficient (Wildman–Crippen LogP) is 4.06. The van der Waals surface area contributed by atoms with Crippen LogP contribution in [-0.4, -0.2) is 19.6 Å². The minimum absolute atomic E-state index is 0.152. The molecule has 1 N–H and O–H groups in total. The number of hydrogen-bond acceptors (Lipinski definition) is 3. The van der Waals surface area contributed by atoms with Crippen LogP contribution in [0, 0.1) is 5.82 Å². The van der Waals surface area contributed by atoms with Gasteiger partial charge in [-0.05, 0) is 37.4 Å². The minimum Gasteiger partial charge on any atom is -0.368 e. The molecule has 20 heavy (non-hydrogen) atoms. The molecule has 0 saturated heterocycles. The Morgan fingerprint density at radius 3 is 2.70 bits per heavy atom. The highest BCUT2D eigenvalue weighted by Gasteiger charge is 2.10. The summed E-state index contributed by atoms with van der Waals surface area (Å²) in [6.07, 6.45) is 0. The number of anilines is 1. The first-order chi connectivity index (χ1) is 9.72. The number of likely N-dealkylation sites (N-methyl/N-ethyl adjacent to an activating group) is 1. The third-order valence-electron chi connectivity index (χ3n) is 3.38. The van der Waals surface area contributed by atoms with Crippen LogP contribution in [0.4, 0.5) is 10.1 Å². The first-order valence-electron chi connectivity index (χ1n) is 6.98. The van der Waals surface area contributed by atoms with Crippen LogP contribution in [0.5, 0.6) is 0 Å². The predicted molar refractivity (Wildman–Crippen MR) is 85.0 cm³/mol. The van der Waals surface area contributed by atoms with Gasteiger partial charge in [0.15, 0.2) is 0 Å². The Hall–Kier alpha value is -1.39. The zero-order chi connectivity index (χ0) is 14.4. The standard InChI is InChI=1S/C16H21FN2S/c1-3-19(15-8-5-4-7-14(15)17)11-10-18-13(2)16-9-6-12-20-16/h4-9,12-13,18H,3,10-11H2,1-2H3. The van der Waals surface area contributed by atoms with E-state index in [2.05, 4.69) is 41.6 Å². The van der Waals surface area contributed by atoms with Gasteiger partial charge in [0.05, 0.1) is 5.69 Å². The number of para-hydroxylation sites is 1. The van der Waals surface area contributed by atoms with Crippen LogP contribution >= 0.6 is 11.3 Å². The van der Waals surface area contributed by atoms with Gasteiger partial charge in [-0.2, -0.15) is 0 Å². The Morgan fingerprint density at radius 2 is 2.05 bits per heavy atom. The van der Waals surface area contributed by atoms with Gasteiger partial charge in [0.25, 0.3) is 0 Å². The maximum absolute atomic E-state index is 13.8. The van der Waals surface area contributed by atoms with Crippen molar-refractivity contribution in [3.8, 4) is 0 Å². The lowest BCUT2D eigenvalue weighted by atomic mass is 10.2. The van der Waals surface area contributed by atoms with E-state index >= 15 is 0 Å². The molecule has 1 heterocycles. The van der Waals surface area contributed by atoms with Crippen molar-refractivity contribution in [3.63, 3.8) is 0 Å². The highest BCUT2D eigenvalue weighted by Crippen LogP contribution is 2.19. The molecule has 0 spiro atoms. The van der Waals surface area contributed by atoms with Crippen molar-refractivity contribution in [2.75, 3.05) is 24.5 Å². The van der Waals surface area contributed by atoms with E-state index in [1.165, 1.54) is 10.9 Å². The molecule has 0 saturated carbocycles.